The maximum absolute atomic E-state index is 5.89. The van der Waals surface area contributed by atoms with E-state index >= 15 is 0 Å². The molecule has 90 valence electrons. The van der Waals surface area contributed by atoms with Crippen LogP contribution in [0.5, 0.6) is 0 Å². The average Bonchev–Trinajstić information content (AvgIpc) is 2.12. The Balaban J connectivity index is 2.64. The second-order valence-corrected chi connectivity index (χ2v) is 6.22. The molecule has 2 atom stereocenters. The molecule has 0 bridgehead atoms. The monoisotopic (exact) mass is 214 g/mol. The van der Waals surface area contributed by atoms with Crippen molar-refractivity contribution in [1.82, 2.24) is 0 Å². The first-order valence-electron chi connectivity index (χ1n) is 5.93. The molecule has 1 aliphatic heterocycles. The molecule has 2 nitrogen and oxygen atoms in total. The summed E-state index contributed by atoms with van der Waals surface area (Å²) in [5.41, 5.74) is 0.315. The molecule has 0 radical (unpaired) electrons. The van der Waals surface area contributed by atoms with E-state index in [0.717, 1.165) is 19.4 Å². The van der Waals surface area contributed by atoms with Crippen molar-refractivity contribution in [1.29, 1.82) is 0 Å². The Morgan fingerprint density at radius 3 is 2.47 bits per heavy atom. The highest BCUT2D eigenvalue weighted by Crippen LogP contribution is 2.42. The van der Waals surface area contributed by atoms with Crippen LogP contribution in [0.2, 0.25) is 0 Å². The summed E-state index contributed by atoms with van der Waals surface area (Å²) in [6, 6.07) is 0. The smallest absolute Gasteiger partial charge is 0.0629 e. The summed E-state index contributed by atoms with van der Waals surface area (Å²) >= 11 is 0. The molecule has 0 unspecified atom stereocenters. The Labute approximate surface area is 94.3 Å². The van der Waals surface area contributed by atoms with Crippen LogP contribution in [0.25, 0.3) is 0 Å². The van der Waals surface area contributed by atoms with Crippen LogP contribution < -0.4 is 0 Å². The van der Waals surface area contributed by atoms with Crippen LogP contribution in [0, 0.1) is 11.3 Å². The Morgan fingerprint density at radius 2 is 1.93 bits per heavy atom. The molecule has 1 rings (SSSR count). The highest BCUT2D eigenvalue weighted by Gasteiger charge is 2.41. The summed E-state index contributed by atoms with van der Waals surface area (Å²) in [6.07, 6.45) is 2.62. The first-order valence-corrected chi connectivity index (χ1v) is 5.93. The van der Waals surface area contributed by atoms with Crippen LogP contribution in [0.4, 0.5) is 0 Å². The van der Waals surface area contributed by atoms with Crippen molar-refractivity contribution in [2.24, 2.45) is 11.3 Å². The van der Waals surface area contributed by atoms with Crippen molar-refractivity contribution < 1.29 is 9.47 Å². The Hall–Kier alpha value is -0.0800. The van der Waals surface area contributed by atoms with Crippen LogP contribution in [0.1, 0.15) is 47.5 Å². The molecule has 0 saturated carbocycles. The average molecular weight is 214 g/mol. The van der Waals surface area contributed by atoms with Gasteiger partial charge in [0, 0.05) is 7.11 Å². The quantitative estimate of drug-likeness (QED) is 0.718. The van der Waals surface area contributed by atoms with E-state index in [-0.39, 0.29) is 11.0 Å². The number of rotatable bonds is 3. The summed E-state index contributed by atoms with van der Waals surface area (Å²) < 4.78 is 11.3. The Kier molecular flexibility index (Phi) is 3.83. The minimum atomic E-state index is 0.0354. The van der Waals surface area contributed by atoms with Gasteiger partial charge in [-0.3, -0.25) is 0 Å². The molecule has 0 aliphatic carbocycles. The molecule has 1 aliphatic rings. The maximum Gasteiger partial charge on any atom is 0.0629 e. The lowest BCUT2D eigenvalue weighted by Crippen LogP contribution is -2.45. The van der Waals surface area contributed by atoms with Gasteiger partial charge in [-0.1, -0.05) is 13.8 Å². The van der Waals surface area contributed by atoms with Gasteiger partial charge in [0.15, 0.2) is 0 Å². The largest absolute Gasteiger partial charge is 0.382 e. The summed E-state index contributed by atoms with van der Waals surface area (Å²) in [7, 11) is 1.79. The summed E-state index contributed by atoms with van der Waals surface area (Å²) in [5, 5.41) is 0. The van der Waals surface area contributed by atoms with Crippen molar-refractivity contribution in [2.45, 2.75) is 59.2 Å². The third-order valence-corrected chi connectivity index (χ3v) is 3.70. The maximum atomic E-state index is 5.89. The van der Waals surface area contributed by atoms with Crippen LogP contribution in [-0.2, 0) is 9.47 Å². The number of ether oxygens (including phenoxy) is 2. The van der Waals surface area contributed by atoms with Gasteiger partial charge in [0.1, 0.15) is 0 Å². The van der Waals surface area contributed by atoms with E-state index < -0.39 is 0 Å². The Bertz CT molecular complexity index is 209. The first kappa shape index (κ1) is 13.0. The van der Waals surface area contributed by atoms with Crippen molar-refractivity contribution in [3.8, 4) is 0 Å². The predicted octanol–water partition coefficient (Wildman–Crippen LogP) is 3.25. The van der Waals surface area contributed by atoms with Gasteiger partial charge in [0.25, 0.3) is 0 Å². The van der Waals surface area contributed by atoms with Crippen molar-refractivity contribution >= 4 is 0 Å². The highest BCUT2D eigenvalue weighted by molar-refractivity contribution is 4.90. The molecule has 1 heterocycles. The summed E-state index contributed by atoms with van der Waals surface area (Å²) in [4.78, 5) is 0. The van der Waals surface area contributed by atoms with Crippen molar-refractivity contribution in [2.75, 3.05) is 13.7 Å². The van der Waals surface area contributed by atoms with Crippen LogP contribution in [-0.4, -0.2) is 25.4 Å². The molecule has 0 aromatic rings. The zero-order chi connectivity index (χ0) is 11.7. The van der Waals surface area contributed by atoms with Crippen molar-refractivity contribution in [3.63, 3.8) is 0 Å². The molecule has 1 saturated heterocycles. The third kappa shape index (κ3) is 3.46. The van der Waals surface area contributed by atoms with Gasteiger partial charge in [0.05, 0.1) is 18.3 Å². The van der Waals surface area contributed by atoms with Crippen molar-refractivity contribution in [3.05, 3.63) is 0 Å². The van der Waals surface area contributed by atoms with E-state index in [2.05, 4.69) is 34.6 Å². The second kappa shape index (κ2) is 4.42. The number of methoxy groups -OCH3 is 1. The fourth-order valence-corrected chi connectivity index (χ4v) is 2.33. The molecule has 15 heavy (non-hydrogen) atoms. The minimum Gasteiger partial charge on any atom is -0.382 e. The third-order valence-electron chi connectivity index (χ3n) is 3.70. The lowest BCUT2D eigenvalue weighted by molar-refractivity contribution is -0.140. The molecule has 0 N–H and O–H groups in total. The Morgan fingerprint density at radius 1 is 1.33 bits per heavy atom. The van der Waals surface area contributed by atoms with Gasteiger partial charge in [0.2, 0.25) is 0 Å². The number of hydrogen-bond acceptors (Lipinski definition) is 2. The van der Waals surface area contributed by atoms with E-state index in [1.807, 2.05) is 0 Å². The van der Waals surface area contributed by atoms with Crippen LogP contribution in [0.15, 0.2) is 0 Å². The standard InChI is InChI=1S/C13H26O2/c1-10(14-6)7-11-8-13(4,5)15-9-12(11,2)3/h10-11H,7-9H2,1-6H3/t10-,11-/m1/s1. The molecule has 0 aromatic carbocycles. The number of hydrogen-bond donors (Lipinski definition) is 0. The first-order chi connectivity index (χ1) is 6.77. The molecule has 0 amide bonds. The van der Waals surface area contributed by atoms with Crippen LogP contribution >= 0.6 is 0 Å². The second-order valence-electron chi connectivity index (χ2n) is 6.22. The van der Waals surface area contributed by atoms with E-state index in [4.69, 9.17) is 9.47 Å². The highest BCUT2D eigenvalue weighted by atomic mass is 16.5. The van der Waals surface area contributed by atoms with E-state index in [1.54, 1.807) is 7.11 Å². The van der Waals surface area contributed by atoms with Gasteiger partial charge >= 0.3 is 0 Å². The fourth-order valence-electron chi connectivity index (χ4n) is 2.33. The topological polar surface area (TPSA) is 18.5 Å². The fraction of sp³-hybridized carbons (Fsp3) is 1.00. The van der Waals surface area contributed by atoms with Gasteiger partial charge in [-0.05, 0) is 44.9 Å². The SMILES string of the molecule is CO[C@H](C)C[C@@H]1CC(C)(C)OCC1(C)C. The minimum absolute atomic E-state index is 0.0354. The van der Waals surface area contributed by atoms with E-state index in [0.29, 0.717) is 12.0 Å². The molecule has 0 aromatic heterocycles. The van der Waals surface area contributed by atoms with E-state index in [9.17, 15) is 0 Å². The predicted molar refractivity (Wildman–Crippen MR) is 63.0 cm³/mol. The van der Waals surface area contributed by atoms with Gasteiger partial charge in [-0.25, -0.2) is 0 Å². The van der Waals surface area contributed by atoms with Gasteiger partial charge in [-0.2, -0.15) is 0 Å². The lowest BCUT2D eigenvalue weighted by atomic mass is 9.69. The van der Waals surface area contributed by atoms with Crippen LogP contribution in [0.3, 0.4) is 0 Å². The zero-order valence-corrected chi connectivity index (χ0v) is 11.1. The summed E-state index contributed by atoms with van der Waals surface area (Å²) in [5.74, 6) is 0.691. The normalized spacial score (nSPS) is 31.2. The lowest BCUT2D eigenvalue weighted by Gasteiger charge is -2.46. The zero-order valence-electron chi connectivity index (χ0n) is 11.1. The molecular formula is C13H26O2. The molecule has 2 heteroatoms. The van der Waals surface area contributed by atoms with E-state index in [1.165, 1.54) is 0 Å². The van der Waals surface area contributed by atoms with Gasteiger partial charge < -0.3 is 9.47 Å². The molecule has 1 fully saturated rings. The molecular weight excluding hydrogens is 188 g/mol. The summed E-state index contributed by atoms with van der Waals surface area (Å²) in [6.45, 7) is 12.0. The molecule has 0 spiro atoms. The van der Waals surface area contributed by atoms with Gasteiger partial charge in [-0.15, -0.1) is 0 Å².